The molecule has 37 heavy (non-hydrogen) atoms. The molecule has 3 heterocycles. The number of aryl methyl sites for hydroxylation is 3. The van der Waals surface area contributed by atoms with Gasteiger partial charge in [0.15, 0.2) is 12.5 Å². The van der Waals surface area contributed by atoms with Gasteiger partial charge in [0.05, 0.1) is 0 Å². The molecule has 10 heteroatoms. The number of H-pyrrole nitrogens is 2. The van der Waals surface area contributed by atoms with Crippen LogP contribution in [-0.2, 0) is 4.74 Å². The van der Waals surface area contributed by atoms with Crippen molar-refractivity contribution in [3.05, 3.63) is 64.8 Å². The van der Waals surface area contributed by atoms with Crippen LogP contribution >= 0.6 is 0 Å². The van der Waals surface area contributed by atoms with Gasteiger partial charge in [-0.05, 0) is 70.8 Å². The molecular weight excluding hydrogens is 471 g/mol. The lowest BCUT2D eigenvalue weighted by molar-refractivity contribution is 0.221. The Labute approximate surface area is 218 Å². The zero-order chi connectivity index (χ0) is 26.8. The number of allylic oxidation sites excluding steroid dienone is 1. The fourth-order valence-electron chi connectivity index (χ4n) is 4.46. The standard InChI is InChI=1S/C27H39FN8O/c1-7-35(8-2)22-11-12-36(17-22)27(15-25(29-6)32-26-14-21(5)33-34-26)30-18-37-23(16-28)9-10-24-19(3)13-20(4)31-24/h9-10,13-16,22,31H,6-8,11-12,17-18H2,1-5H3,(H2,32,33,34)/b10-9-,23-16-,25-15+,30-27+. The predicted molar refractivity (Wildman–Crippen MR) is 149 cm³/mol. The highest BCUT2D eigenvalue weighted by Crippen LogP contribution is 2.18. The van der Waals surface area contributed by atoms with Crippen LogP contribution in [0.3, 0.4) is 0 Å². The second-order valence-corrected chi connectivity index (χ2v) is 9.04. The number of ether oxygens (including phenoxy) is 1. The Bertz CT molecular complexity index is 1160. The largest absolute Gasteiger partial charge is 0.469 e. The second-order valence-electron chi connectivity index (χ2n) is 9.04. The maximum atomic E-state index is 13.6. The van der Waals surface area contributed by atoms with Crippen LogP contribution in [0.5, 0.6) is 0 Å². The molecule has 0 aromatic carbocycles. The molecule has 0 aliphatic carbocycles. The van der Waals surface area contributed by atoms with Crippen LogP contribution in [0, 0.1) is 20.8 Å². The number of rotatable bonds is 12. The van der Waals surface area contributed by atoms with Crippen LogP contribution in [0.4, 0.5) is 10.2 Å². The molecule has 0 bridgehead atoms. The summed E-state index contributed by atoms with van der Waals surface area (Å²) in [7, 11) is 0. The SMILES string of the molecule is C=N/C(=C\C(=N/COC(/C=C\c1[nH]c(C)cc1C)=C\F)N1CCC(N(CC)CC)C1)Nc1cc(C)[nH]n1. The molecule has 1 fully saturated rings. The molecule has 9 nitrogen and oxygen atoms in total. The topological polar surface area (TPSA) is 96.9 Å². The van der Waals surface area contributed by atoms with Crippen molar-refractivity contribution in [1.29, 1.82) is 0 Å². The van der Waals surface area contributed by atoms with Gasteiger partial charge in [0.2, 0.25) is 0 Å². The number of nitrogens with zero attached hydrogens (tertiary/aromatic N) is 5. The molecule has 1 saturated heterocycles. The van der Waals surface area contributed by atoms with Crippen LogP contribution in [0.25, 0.3) is 6.08 Å². The molecule has 2 aromatic heterocycles. The fraction of sp³-hybridized carbons (Fsp3) is 0.444. The lowest BCUT2D eigenvalue weighted by atomic mass is 10.2. The van der Waals surface area contributed by atoms with Crippen LogP contribution in [0.15, 0.2) is 52.2 Å². The third-order valence-corrected chi connectivity index (χ3v) is 6.38. The highest BCUT2D eigenvalue weighted by Gasteiger charge is 2.27. The summed E-state index contributed by atoms with van der Waals surface area (Å²) in [6.07, 6.45) is 6.68. The van der Waals surface area contributed by atoms with Crippen molar-refractivity contribution in [1.82, 2.24) is 25.0 Å². The number of likely N-dealkylation sites (N-methyl/N-ethyl adjacent to an activating group) is 1. The second kappa shape index (κ2) is 13.6. The zero-order valence-corrected chi connectivity index (χ0v) is 22.5. The molecule has 200 valence electrons. The van der Waals surface area contributed by atoms with Gasteiger partial charge in [-0.25, -0.2) is 14.4 Å². The van der Waals surface area contributed by atoms with E-state index in [1.165, 1.54) is 0 Å². The molecule has 0 radical (unpaired) electrons. The Morgan fingerprint density at radius 1 is 1.30 bits per heavy atom. The van der Waals surface area contributed by atoms with E-state index < -0.39 is 0 Å². The molecule has 3 N–H and O–H groups in total. The first-order valence-electron chi connectivity index (χ1n) is 12.6. The minimum atomic E-state index is -0.0486. The minimum absolute atomic E-state index is 0.0486. The van der Waals surface area contributed by atoms with Gasteiger partial charge in [-0.1, -0.05) is 13.8 Å². The Hall–Kier alpha value is -3.66. The number of halogens is 1. The van der Waals surface area contributed by atoms with Crippen molar-refractivity contribution in [3.63, 3.8) is 0 Å². The van der Waals surface area contributed by atoms with Crippen molar-refractivity contribution in [3.8, 4) is 0 Å². The monoisotopic (exact) mass is 510 g/mol. The smallest absolute Gasteiger partial charge is 0.181 e. The zero-order valence-electron chi connectivity index (χ0n) is 22.5. The van der Waals surface area contributed by atoms with E-state index in [1.807, 2.05) is 39.0 Å². The molecule has 0 saturated carbocycles. The first kappa shape index (κ1) is 27.9. The van der Waals surface area contributed by atoms with E-state index in [-0.39, 0.29) is 12.5 Å². The summed E-state index contributed by atoms with van der Waals surface area (Å²) in [4.78, 5) is 16.7. The van der Waals surface area contributed by atoms with Crippen molar-refractivity contribution in [2.24, 2.45) is 9.98 Å². The molecule has 2 aromatic rings. The third-order valence-electron chi connectivity index (χ3n) is 6.38. The average molecular weight is 511 g/mol. The Kier molecular flexibility index (Phi) is 10.3. The Balaban J connectivity index is 1.77. The fourth-order valence-corrected chi connectivity index (χ4v) is 4.46. The maximum absolute atomic E-state index is 13.6. The van der Waals surface area contributed by atoms with Crippen molar-refractivity contribution in [2.75, 3.05) is 38.2 Å². The van der Waals surface area contributed by atoms with E-state index in [0.717, 1.165) is 55.2 Å². The van der Waals surface area contributed by atoms with Gasteiger partial charge in [0.1, 0.15) is 23.7 Å². The Morgan fingerprint density at radius 3 is 2.68 bits per heavy atom. The summed E-state index contributed by atoms with van der Waals surface area (Å²) >= 11 is 0. The van der Waals surface area contributed by atoms with Crippen LogP contribution in [0.1, 0.15) is 42.9 Å². The molecule has 0 spiro atoms. The lowest BCUT2D eigenvalue weighted by Crippen LogP contribution is -2.38. The van der Waals surface area contributed by atoms with Gasteiger partial charge in [-0.2, -0.15) is 5.10 Å². The summed E-state index contributed by atoms with van der Waals surface area (Å²) in [5.41, 5.74) is 3.97. The number of hydrogen-bond donors (Lipinski definition) is 3. The first-order chi connectivity index (χ1) is 17.9. The average Bonchev–Trinajstić information content (AvgIpc) is 3.61. The normalized spacial score (nSPS) is 17.3. The number of anilines is 1. The number of aliphatic imine (C=N–C) groups is 2. The summed E-state index contributed by atoms with van der Waals surface area (Å²) in [5, 5.41) is 10.3. The number of amidine groups is 1. The number of aromatic nitrogens is 3. The number of aromatic amines is 2. The van der Waals surface area contributed by atoms with Crippen LogP contribution in [0.2, 0.25) is 0 Å². The molecule has 3 rings (SSSR count). The van der Waals surface area contributed by atoms with E-state index in [1.54, 1.807) is 12.2 Å². The van der Waals surface area contributed by atoms with Crippen molar-refractivity contribution < 1.29 is 9.13 Å². The predicted octanol–water partition coefficient (Wildman–Crippen LogP) is 4.93. The van der Waals surface area contributed by atoms with Gasteiger partial charge in [-0.15, -0.1) is 0 Å². The maximum Gasteiger partial charge on any atom is 0.181 e. The summed E-state index contributed by atoms with van der Waals surface area (Å²) < 4.78 is 19.2. The van der Waals surface area contributed by atoms with Gasteiger partial charge in [0.25, 0.3) is 0 Å². The minimum Gasteiger partial charge on any atom is -0.469 e. The van der Waals surface area contributed by atoms with Gasteiger partial charge in [-0.3, -0.25) is 10.00 Å². The lowest BCUT2D eigenvalue weighted by Gasteiger charge is -2.26. The molecule has 1 atom stereocenters. The molecule has 1 aliphatic rings. The number of hydrogen-bond acceptors (Lipinski definition) is 6. The summed E-state index contributed by atoms with van der Waals surface area (Å²) in [5.74, 6) is 1.93. The van der Waals surface area contributed by atoms with E-state index >= 15 is 0 Å². The summed E-state index contributed by atoms with van der Waals surface area (Å²) in [6.45, 7) is 17.6. The molecule has 0 amide bonds. The van der Waals surface area contributed by atoms with E-state index in [4.69, 9.17) is 4.74 Å². The van der Waals surface area contributed by atoms with Crippen LogP contribution < -0.4 is 5.32 Å². The van der Waals surface area contributed by atoms with E-state index in [9.17, 15) is 4.39 Å². The van der Waals surface area contributed by atoms with Gasteiger partial charge >= 0.3 is 0 Å². The first-order valence-corrected chi connectivity index (χ1v) is 12.6. The van der Waals surface area contributed by atoms with Gasteiger partial charge < -0.3 is 19.9 Å². The molecular formula is C27H39FN8O. The van der Waals surface area contributed by atoms with E-state index in [0.29, 0.717) is 29.8 Å². The number of likely N-dealkylation sites (tertiary alicyclic amines) is 1. The molecule has 1 aliphatic heterocycles. The van der Waals surface area contributed by atoms with Gasteiger partial charge in [0, 0.05) is 48.4 Å². The summed E-state index contributed by atoms with van der Waals surface area (Å²) in [6, 6.07) is 4.35. The highest BCUT2D eigenvalue weighted by atomic mass is 19.1. The van der Waals surface area contributed by atoms with Crippen molar-refractivity contribution in [2.45, 2.75) is 47.1 Å². The Morgan fingerprint density at radius 2 is 2.08 bits per heavy atom. The van der Waals surface area contributed by atoms with E-state index in [2.05, 4.69) is 60.8 Å². The third kappa shape index (κ3) is 7.91. The van der Waals surface area contributed by atoms with Crippen LogP contribution in [-0.4, -0.2) is 76.5 Å². The van der Waals surface area contributed by atoms with Crippen molar-refractivity contribution >= 4 is 24.4 Å². The number of nitrogens with one attached hydrogen (secondary N) is 3. The highest BCUT2D eigenvalue weighted by molar-refractivity contribution is 5.94. The quantitative estimate of drug-likeness (QED) is 0.163. The molecule has 1 unspecified atom stereocenters.